The lowest BCUT2D eigenvalue weighted by Crippen LogP contribution is -2.47. The summed E-state index contributed by atoms with van der Waals surface area (Å²) in [5.74, 6) is 0.148. The number of carbonyl (C=O) groups is 1. The molecule has 5 N–H and O–H groups in total. The second-order valence-corrected chi connectivity index (χ2v) is 4.08. The van der Waals surface area contributed by atoms with Crippen molar-refractivity contribution < 1.29 is 10.0 Å². The molecule has 100 valence electrons. The van der Waals surface area contributed by atoms with E-state index < -0.39 is 0 Å². The molecule has 0 aromatic heterocycles. The van der Waals surface area contributed by atoms with Crippen LogP contribution in [0.2, 0.25) is 0 Å². The summed E-state index contributed by atoms with van der Waals surface area (Å²) in [5.41, 5.74) is 5.44. The highest BCUT2D eigenvalue weighted by molar-refractivity contribution is 5.82. The van der Waals surface area contributed by atoms with Gasteiger partial charge in [-0.1, -0.05) is 19.0 Å². The van der Waals surface area contributed by atoms with Crippen LogP contribution < -0.4 is 16.4 Å². The number of nitrogens with two attached hydrogens (primary N) is 1. The van der Waals surface area contributed by atoms with Crippen LogP contribution in [0.1, 0.15) is 40.0 Å². The molecule has 1 amide bonds. The third-order valence-corrected chi connectivity index (χ3v) is 2.50. The number of carbonyl (C=O) groups excluding carboxylic acids is 1. The van der Waals surface area contributed by atoms with E-state index in [2.05, 4.69) is 15.8 Å². The Morgan fingerprint density at radius 3 is 2.59 bits per heavy atom. The Hall–Kier alpha value is -1.30. The van der Waals surface area contributed by atoms with Crippen molar-refractivity contribution in [3.63, 3.8) is 0 Å². The molecule has 0 heterocycles. The van der Waals surface area contributed by atoms with Crippen molar-refractivity contribution in [1.82, 2.24) is 10.6 Å². The average Bonchev–Trinajstić information content (AvgIpc) is 2.34. The van der Waals surface area contributed by atoms with Gasteiger partial charge in [-0.3, -0.25) is 4.79 Å². The molecule has 17 heavy (non-hydrogen) atoms. The van der Waals surface area contributed by atoms with Crippen LogP contribution in [-0.2, 0) is 4.79 Å². The van der Waals surface area contributed by atoms with Crippen LogP contribution in [0, 0.1) is 0 Å². The SMILES string of the molecule is CCCNC(=O)C(C)NC(CC)C/C(N)=N/O. The van der Waals surface area contributed by atoms with Crippen molar-refractivity contribution in [2.75, 3.05) is 6.54 Å². The molecule has 2 atom stereocenters. The summed E-state index contributed by atoms with van der Waals surface area (Å²) in [7, 11) is 0. The molecule has 0 saturated heterocycles. The van der Waals surface area contributed by atoms with Gasteiger partial charge >= 0.3 is 0 Å². The van der Waals surface area contributed by atoms with Gasteiger partial charge < -0.3 is 21.6 Å². The molecule has 0 rings (SSSR count). The third-order valence-electron chi connectivity index (χ3n) is 2.50. The topological polar surface area (TPSA) is 99.7 Å². The van der Waals surface area contributed by atoms with Crippen LogP contribution in [0.5, 0.6) is 0 Å². The zero-order valence-electron chi connectivity index (χ0n) is 10.9. The fourth-order valence-corrected chi connectivity index (χ4v) is 1.44. The number of nitrogens with zero attached hydrogens (tertiary/aromatic N) is 1. The van der Waals surface area contributed by atoms with E-state index in [-0.39, 0.29) is 23.8 Å². The Kier molecular flexibility index (Phi) is 8.13. The van der Waals surface area contributed by atoms with Crippen LogP contribution in [-0.4, -0.2) is 35.6 Å². The summed E-state index contributed by atoms with van der Waals surface area (Å²) >= 11 is 0. The minimum Gasteiger partial charge on any atom is -0.409 e. The molecule has 6 heteroatoms. The highest BCUT2D eigenvalue weighted by Gasteiger charge is 2.17. The molecule has 0 aliphatic rings. The van der Waals surface area contributed by atoms with E-state index in [9.17, 15) is 4.79 Å². The minimum atomic E-state index is -0.280. The molecule has 0 aliphatic carbocycles. The highest BCUT2D eigenvalue weighted by atomic mass is 16.4. The van der Waals surface area contributed by atoms with Crippen molar-refractivity contribution >= 4 is 11.7 Å². The summed E-state index contributed by atoms with van der Waals surface area (Å²) in [6.07, 6.45) is 2.15. The van der Waals surface area contributed by atoms with E-state index in [0.717, 1.165) is 12.8 Å². The number of hydrogen-bond acceptors (Lipinski definition) is 4. The van der Waals surface area contributed by atoms with Gasteiger partial charge in [0.1, 0.15) is 5.84 Å². The minimum absolute atomic E-state index is 0.0233. The molecule has 2 unspecified atom stereocenters. The van der Waals surface area contributed by atoms with Crippen LogP contribution in [0.3, 0.4) is 0 Å². The second-order valence-electron chi connectivity index (χ2n) is 4.08. The Morgan fingerprint density at radius 1 is 1.47 bits per heavy atom. The van der Waals surface area contributed by atoms with Gasteiger partial charge in [-0.05, 0) is 19.8 Å². The lowest BCUT2D eigenvalue weighted by atomic mass is 10.1. The van der Waals surface area contributed by atoms with Gasteiger partial charge in [-0.15, -0.1) is 0 Å². The molecule has 0 fully saturated rings. The van der Waals surface area contributed by atoms with Crippen molar-refractivity contribution in [1.29, 1.82) is 0 Å². The highest BCUT2D eigenvalue weighted by Crippen LogP contribution is 1.99. The van der Waals surface area contributed by atoms with Gasteiger partial charge in [0.05, 0.1) is 6.04 Å². The maximum absolute atomic E-state index is 11.6. The van der Waals surface area contributed by atoms with Crippen molar-refractivity contribution in [3.05, 3.63) is 0 Å². The summed E-state index contributed by atoms with van der Waals surface area (Å²) < 4.78 is 0. The van der Waals surface area contributed by atoms with Gasteiger partial charge in [0.15, 0.2) is 0 Å². The second kappa shape index (κ2) is 8.81. The summed E-state index contributed by atoms with van der Waals surface area (Å²) in [6, 6.07) is -0.244. The van der Waals surface area contributed by atoms with E-state index in [1.165, 1.54) is 0 Å². The van der Waals surface area contributed by atoms with E-state index in [0.29, 0.717) is 13.0 Å². The van der Waals surface area contributed by atoms with Crippen molar-refractivity contribution in [2.45, 2.75) is 52.1 Å². The molecule has 0 saturated carbocycles. The Balaban J connectivity index is 4.13. The van der Waals surface area contributed by atoms with Gasteiger partial charge in [-0.25, -0.2) is 0 Å². The van der Waals surface area contributed by atoms with E-state index in [1.807, 2.05) is 13.8 Å². The monoisotopic (exact) mass is 244 g/mol. The van der Waals surface area contributed by atoms with Crippen LogP contribution in [0.4, 0.5) is 0 Å². The number of hydrogen-bond donors (Lipinski definition) is 4. The molecule has 0 aliphatic heterocycles. The lowest BCUT2D eigenvalue weighted by molar-refractivity contribution is -0.122. The normalized spacial score (nSPS) is 15.4. The fourth-order valence-electron chi connectivity index (χ4n) is 1.44. The number of nitrogens with one attached hydrogen (secondary N) is 2. The van der Waals surface area contributed by atoms with E-state index in [4.69, 9.17) is 10.9 Å². The molecule has 0 bridgehead atoms. The number of oxime groups is 1. The van der Waals surface area contributed by atoms with E-state index >= 15 is 0 Å². The molecule has 0 aromatic carbocycles. The number of rotatable bonds is 8. The van der Waals surface area contributed by atoms with Crippen LogP contribution in [0.25, 0.3) is 0 Å². The molecule has 0 radical (unpaired) electrons. The zero-order valence-corrected chi connectivity index (χ0v) is 10.9. The third kappa shape index (κ3) is 6.78. The predicted molar refractivity (Wildman–Crippen MR) is 68.0 cm³/mol. The molecule has 0 aromatic rings. The van der Waals surface area contributed by atoms with Crippen molar-refractivity contribution in [3.8, 4) is 0 Å². The first-order valence-electron chi connectivity index (χ1n) is 6.05. The Bertz CT molecular complexity index is 256. The van der Waals surface area contributed by atoms with Gasteiger partial charge in [0.25, 0.3) is 0 Å². The van der Waals surface area contributed by atoms with Gasteiger partial charge in [0, 0.05) is 19.0 Å². The summed E-state index contributed by atoms with van der Waals surface area (Å²) in [5, 5.41) is 17.4. The quantitative estimate of drug-likeness (QED) is 0.215. The summed E-state index contributed by atoms with van der Waals surface area (Å²) in [6.45, 7) is 6.48. The average molecular weight is 244 g/mol. The van der Waals surface area contributed by atoms with Gasteiger partial charge in [-0.2, -0.15) is 0 Å². The standard InChI is InChI=1S/C11H24N4O2/c1-4-6-13-11(16)8(3)14-9(5-2)7-10(12)15-17/h8-9,14,17H,4-7H2,1-3H3,(H2,12,15)(H,13,16). The maximum atomic E-state index is 11.6. The largest absolute Gasteiger partial charge is 0.409 e. The van der Waals surface area contributed by atoms with E-state index in [1.54, 1.807) is 6.92 Å². The molecule has 6 nitrogen and oxygen atoms in total. The smallest absolute Gasteiger partial charge is 0.236 e. The lowest BCUT2D eigenvalue weighted by Gasteiger charge is -2.21. The maximum Gasteiger partial charge on any atom is 0.236 e. The predicted octanol–water partition coefficient (Wildman–Crippen LogP) is 0.406. The number of amidine groups is 1. The Labute approximate surface area is 103 Å². The number of amides is 1. The summed E-state index contributed by atoms with van der Waals surface area (Å²) in [4.78, 5) is 11.6. The van der Waals surface area contributed by atoms with Crippen LogP contribution in [0.15, 0.2) is 5.16 Å². The molecular formula is C11H24N4O2. The zero-order chi connectivity index (χ0) is 13.3. The first-order valence-corrected chi connectivity index (χ1v) is 6.05. The molecule has 0 spiro atoms. The Morgan fingerprint density at radius 2 is 2.12 bits per heavy atom. The first kappa shape index (κ1) is 15.7. The van der Waals surface area contributed by atoms with Crippen molar-refractivity contribution in [2.24, 2.45) is 10.9 Å². The molecular weight excluding hydrogens is 220 g/mol. The first-order chi connectivity index (χ1) is 8.04. The van der Waals surface area contributed by atoms with Crippen LogP contribution >= 0.6 is 0 Å². The fraction of sp³-hybridized carbons (Fsp3) is 0.818. The van der Waals surface area contributed by atoms with Gasteiger partial charge in [0.2, 0.25) is 5.91 Å².